The Morgan fingerprint density at radius 2 is 1.96 bits per heavy atom. The third-order valence-electron chi connectivity index (χ3n) is 3.40. The van der Waals surface area contributed by atoms with E-state index in [0.29, 0.717) is 17.4 Å². The summed E-state index contributed by atoms with van der Waals surface area (Å²) in [7, 11) is 0. The number of esters is 1. The minimum absolute atomic E-state index is 0.0682. The van der Waals surface area contributed by atoms with Crippen molar-refractivity contribution >= 4 is 34.3 Å². The predicted octanol–water partition coefficient (Wildman–Crippen LogP) is 2.45. The number of hydrogen-bond acceptors (Lipinski definition) is 6. The van der Waals surface area contributed by atoms with E-state index in [4.69, 9.17) is 4.74 Å². The Morgan fingerprint density at radius 3 is 2.62 bits per heavy atom. The molecule has 26 heavy (non-hydrogen) atoms. The first-order valence-corrected chi connectivity index (χ1v) is 9.07. The summed E-state index contributed by atoms with van der Waals surface area (Å²) in [4.78, 5) is 39.4. The zero-order chi connectivity index (χ0) is 18.9. The zero-order valence-electron chi connectivity index (χ0n) is 14.7. The molecule has 0 saturated carbocycles. The van der Waals surface area contributed by atoms with Crippen molar-refractivity contribution in [2.45, 2.75) is 32.7 Å². The molecule has 1 aromatic heterocycles. The smallest absolute Gasteiger partial charge is 0.311 e. The van der Waals surface area contributed by atoms with Gasteiger partial charge in [-0.15, -0.1) is 11.3 Å². The first-order chi connectivity index (χ1) is 12.5. The maximum Gasteiger partial charge on any atom is 0.311 e. The minimum Gasteiger partial charge on any atom is -0.466 e. The van der Waals surface area contributed by atoms with Crippen LogP contribution in [0.2, 0.25) is 0 Å². The van der Waals surface area contributed by atoms with Gasteiger partial charge < -0.3 is 15.4 Å². The van der Waals surface area contributed by atoms with E-state index in [1.807, 2.05) is 30.3 Å². The molecule has 1 unspecified atom stereocenters. The molecular weight excluding hydrogens is 354 g/mol. The van der Waals surface area contributed by atoms with Gasteiger partial charge in [0.15, 0.2) is 5.13 Å². The maximum absolute atomic E-state index is 12.3. The quantitative estimate of drug-likeness (QED) is 0.691. The lowest BCUT2D eigenvalue weighted by Crippen LogP contribution is -2.29. The van der Waals surface area contributed by atoms with Crippen molar-refractivity contribution in [2.24, 2.45) is 0 Å². The number of thiazole rings is 1. The number of carbonyl (C=O) groups is 3. The SMILES string of the molecule is CCOC(=O)Cc1csc(NC(=O)CC(NC(C)=O)c2ccccc2)n1. The highest BCUT2D eigenvalue weighted by atomic mass is 32.1. The lowest BCUT2D eigenvalue weighted by molar-refractivity contribution is -0.142. The molecule has 0 radical (unpaired) electrons. The standard InChI is InChI=1S/C18H21N3O4S/c1-3-25-17(24)9-14-11-26-18(20-14)21-16(23)10-15(19-12(2)22)13-7-5-4-6-8-13/h4-8,11,15H,3,9-10H2,1-2H3,(H,19,22)(H,20,21,23). The highest BCUT2D eigenvalue weighted by Crippen LogP contribution is 2.20. The molecule has 2 N–H and O–H groups in total. The number of anilines is 1. The van der Waals surface area contributed by atoms with Gasteiger partial charge in [0, 0.05) is 12.3 Å². The first-order valence-electron chi connectivity index (χ1n) is 8.19. The third kappa shape index (κ3) is 6.29. The van der Waals surface area contributed by atoms with Crippen LogP contribution in [0, 0.1) is 0 Å². The number of ether oxygens (including phenoxy) is 1. The van der Waals surface area contributed by atoms with E-state index < -0.39 is 6.04 Å². The highest BCUT2D eigenvalue weighted by molar-refractivity contribution is 7.13. The molecule has 2 rings (SSSR count). The third-order valence-corrected chi connectivity index (χ3v) is 4.20. The highest BCUT2D eigenvalue weighted by Gasteiger charge is 2.18. The topological polar surface area (TPSA) is 97.4 Å². The van der Waals surface area contributed by atoms with E-state index in [0.717, 1.165) is 5.56 Å². The van der Waals surface area contributed by atoms with Gasteiger partial charge in [0.05, 0.1) is 31.2 Å². The average Bonchev–Trinajstić information content (AvgIpc) is 3.01. The molecule has 0 aliphatic heterocycles. The lowest BCUT2D eigenvalue weighted by Gasteiger charge is -2.17. The van der Waals surface area contributed by atoms with Gasteiger partial charge in [0.25, 0.3) is 0 Å². The summed E-state index contributed by atoms with van der Waals surface area (Å²) >= 11 is 1.24. The van der Waals surface area contributed by atoms with Gasteiger partial charge in [-0.3, -0.25) is 14.4 Å². The Hall–Kier alpha value is -2.74. The molecular formula is C18H21N3O4S. The maximum atomic E-state index is 12.3. The molecule has 8 heteroatoms. The van der Waals surface area contributed by atoms with E-state index in [-0.39, 0.29) is 30.6 Å². The summed E-state index contributed by atoms with van der Waals surface area (Å²) < 4.78 is 4.87. The van der Waals surface area contributed by atoms with Crippen molar-refractivity contribution in [3.63, 3.8) is 0 Å². The number of amides is 2. The number of nitrogens with zero attached hydrogens (tertiary/aromatic N) is 1. The number of aromatic nitrogens is 1. The van der Waals surface area contributed by atoms with Crippen LogP contribution in [0.4, 0.5) is 5.13 Å². The fourth-order valence-electron chi connectivity index (χ4n) is 2.34. The van der Waals surface area contributed by atoms with Crippen LogP contribution >= 0.6 is 11.3 Å². The number of hydrogen-bond donors (Lipinski definition) is 2. The largest absolute Gasteiger partial charge is 0.466 e. The monoisotopic (exact) mass is 375 g/mol. The van der Waals surface area contributed by atoms with Gasteiger partial charge in [-0.05, 0) is 12.5 Å². The second kappa shape index (κ2) is 9.67. The molecule has 0 fully saturated rings. The van der Waals surface area contributed by atoms with Crippen LogP contribution in [0.1, 0.15) is 37.6 Å². The molecule has 2 amide bonds. The summed E-state index contributed by atoms with van der Waals surface area (Å²) in [6.45, 7) is 3.47. The summed E-state index contributed by atoms with van der Waals surface area (Å²) in [5.41, 5.74) is 1.39. The van der Waals surface area contributed by atoms with Crippen molar-refractivity contribution < 1.29 is 19.1 Å². The van der Waals surface area contributed by atoms with Crippen LogP contribution in [0.5, 0.6) is 0 Å². The molecule has 1 aromatic carbocycles. The second-order valence-electron chi connectivity index (χ2n) is 5.54. The Labute approximate surface area is 155 Å². The molecule has 0 spiro atoms. The van der Waals surface area contributed by atoms with E-state index in [2.05, 4.69) is 15.6 Å². The Balaban J connectivity index is 1.96. The van der Waals surface area contributed by atoms with E-state index in [1.54, 1.807) is 12.3 Å². The summed E-state index contributed by atoms with van der Waals surface area (Å²) in [5.74, 6) is -0.840. The van der Waals surface area contributed by atoms with Crippen molar-refractivity contribution in [1.29, 1.82) is 0 Å². The number of rotatable bonds is 8. The summed E-state index contributed by atoms with van der Waals surface area (Å²) in [6.07, 6.45) is 0.148. The Kier molecular flexibility index (Phi) is 7.28. The molecule has 138 valence electrons. The van der Waals surface area contributed by atoms with Gasteiger partial charge in [-0.1, -0.05) is 30.3 Å². The van der Waals surface area contributed by atoms with Crippen molar-refractivity contribution in [1.82, 2.24) is 10.3 Å². The molecule has 0 saturated heterocycles. The van der Waals surface area contributed by atoms with Crippen LogP contribution in [0.15, 0.2) is 35.7 Å². The normalized spacial score (nSPS) is 11.5. The van der Waals surface area contributed by atoms with Crippen LogP contribution < -0.4 is 10.6 Å². The molecule has 0 bridgehead atoms. The molecule has 1 heterocycles. The van der Waals surface area contributed by atoms with Gasteiger partial charge in [-0.2, -0.15) is 0 Å². The number of carbonyl (C=O) groups excluding carboxylic acids is 3. The van der Waals surface area contributed by atoms with E-state index in [9.17, 15) is 14.4 Å². The van der Waals surface area contributed by atoms with Gasteiger partial charge in [0.2, 0.25) is 11.8 Å². The summed E-state index contributed by atoms with van der Waals surface area (Å²) in [6, 6.07) is 8.86. The molecule has 1 atom stereocenters. The minimum atomic E-state index is -0.423. The van der Waals surface area contributed by atoms with Crippen LogP contribution in [0.3, 0.4) is 0 Å². The van der Waals surface area contributed by atoms with E-state index >= 15 is 0 Å². The van der Waals surface area contributed by atoms with E-state index in [1.165, 1.54) is 18.3 Å². The zero-order valence-corrected chi connectivity index (χ0v) is 15.5. The van der Waals surface area contributed by atoms with Gasteiger partial charge >= 0.3 is 5.97 Å². The predicted molar refractivity (Wildman–Crippen MR) is 98.7 cm³/mol. The molecule has 7 nitrogen and oxygen atoms in total. The van der Waals surface area contributed by atoms with Crippen molar-refractivity contribution in [2.75, 3.05) is 11.9 Å². The van der Waals surface area contributed by atoms with Crippen molar-refractivity contribution in [3.05, 3.63) is 47.0 Å². The Morgan fingerprint density at radius 1 is 1.23 bits per heavy atom. The summed E-state index contributed by atoms with van der Waals surface area (Å²) in [5, 5.41) is 7.60. The van der Waals surface area contributed by atoms with Crippen LogP contribution in [-0.4, -0.2) is 29.4 Å². The van der Waals surface area contributed by atoms with Gasteiger partial charge in [-0.25, -0.2) is 4.98 Å². The van der Waals surface area contributed by atoms with Crippen LogP contribution in [0.25, 0.3) is 0 Å². The fraction of sp³-hybridized carbons (Fsp3) is 0.333. The van der Waals surface area contributed by atoms with Gasteiger partial charge in [0.1, 0.15) is 0 Å². The fourth-order valence-corrected chi connectivity index (χ4v) is 3.07. The number of nitrogens with one attached hydrogen (secondary N) is 2. The number of benzene rings is 1. The Bertz CT molecular complexity index is 761. The molecule has 0 aliphatic rings. The van der Waals surface area contributed by atoms with Crippen molar-refractivity contribution in [3.8, 4) is 0 Å². The molecule has 0 aliphatic carbocycles. The first kappa shape index (κ1) is 19.6. The lowest BCUT2D eigenvalue weighted by atomic mass is 10.0. The van der Waals surface area contributed by atoms with Crippen LogP contribution in [-0.2, 0) is 25.5 Å². The second-order valence-corrected chi connectivity index (χ2v) is 6.40. The average molecular weight is 375 g/mol. The molecule has 2 aromatic rings.